The molecule has 2 nitrogen and oxygen atoms in total. The first kappa shape index (κ1) is 12.4. The number of benzene rings is 1. The van der Waals surface area contributed by atoms with Gasteiger partial charge < -0.3 is 10.4 Å². The molecule has 16 heavy (non-hydrogen) atoms. The molecule has 1 fully saturated rings. The van der Waals surface area contributed by atoms with Crippen molar-refractivity contribution in [1.29, 1.82) is 0 Å². The molecule has 0 unspecified atom stereocenters. The molecule has 0 aromatic heterocycles. The molecule has 2 N–H and O–H groups in total. The van der Waals surface area contributed by atoms with Crippen molar-refractivity contribution in [2.45, 2.75) is 37.8 Å². The van der Waals surface area contributed by atoms with Crippen LogP contribution in [0.5, 0.6) is 0 Å². The molecule has 1 aliphatic carbocycles. The van der Waals surface area contributed by atoms with E-state index in [4.69, 9.17) is 0 Å². The van der Waals surface area contributed by atoms with Crippen molar-refractivity contribution < 1.29 is 5.11 Å². The lowest BCUT2D eigenvalue weighted by atomic mass is 9.93. The summed E-state index contributed by atoms with van der Waals surface area (Å²) in [5.74, 6) is 0. The summed E-state index contributed by atoms with van der Waals surface area (Å²) >= 11 is 6.98. The molecular weight excluding hydrogens is 334 g/mol. The average Bonchev–Trinajstić information content (AvgIpc) is 2.25. The summed E-state index contributed by atoms with van der Waals surface area (Å²) in [4.78, 5) is 0. The van der Waals surface area contributed by atoms with Gasteiger partial charge in [-0.05, 0) is 59.8 Å². The Labute approximate surface area is 113 Å². The van der Waals surface area contributed by atoms with Crippen LogP contribution in [0, 0.1) is 0 Å². The molecule has 0 saturated heterocycles. The Balaban J connectivity index is 1.98. The van der Waals surface area contributed by atoms with E-state index in [1.54, 1.807) is 0 Å². The predicted molar refractivity (Wildman–Crippen MR) is 73.7 cm³/mol. The van der Waals surface area contributed by atoms with Crippen LogP contribution in [-0.2, 0) is 0 Å². The molecule has 0 heterocycles. The largest absolute Gasteiger partial charge is 0.393 e. The van der Waals surface area contributed by atoms with Gasteiger partial charge in [-0.25, -0.2) is 0 Å². The van der Waals surface area contributed by atoms with E-state index in [1.807, 2.05) is 12.1 Å². The Bertz CT molecular complexity index is 362. The number of aliphatic hydroxyl groups is 1. The van der Waals surface area contributed by atoms with Crippen LogP contribution in [-0.4, -0.2) is 17.3 Å². The third-order valence-electron chi connectivity index (χ3n) is 2.99. The maximum atomic E-state index is 9.44. The molecule has 4 heteroatoms. The minimum atomic E-state index is -0.0913. The van der Waals surface area contributed by atoms with Crippen molar-refractivity contribution in [2.75, 3.05) is 5.32 Å². The first-order chi connectivity index (χ1) is 7.65. The van der Waals surface area contributed by atoms with Gasteiger partial charge in [0.1, 0.15) is 0 Å². The Morgan fingerprint density at radius 1 is 1.12 bits per heavy atom. The molecule has 1 aliphatic rings. The quantitative estimate of drug-likeness (QED) is 0.848. The van der Waals surface area contributed by atoms with Gasteiger partial charge in [0.25, 0.3) is 0 Å². The Hall–Kier alpha value is -0.0600. The Morgan fingerprint density at radius 3 is 2.44 bits per heavy atom. The van der Waals surface area contributed by atoms with Crippen LogP contribution in [0.25, 0.3) is 0 Å². The molecule has 1 aromatic rings. The van der Waals surface area contributed by atoms with Gasteiger partial charge in [-0.3, -0.25) is 0 Å². The fourth-order valence-corrected chi connectivity index (χ4v) is 3.21. The van der Waals surface area contributed by atoms with Gasteiger partial charge in [-0.15, -0.1) is 0 Å². The maximum absolute atomic E-state index is 9.44. The number of rotatable bonds is 2. The minimum Gasteiger partial charge on any atom is -0.393 e. The molecule has 88 valence electrons. The normalized spacial score (nSPS) is 25.4. The van der Waals surface area contributed by atoms with Crippen molar-refractivity contribution in [3.8, 4) is 0 Å². The molecule has 2 rings (SSSR count). The molecule has 0 amide bonds. The highest BCUT2D eigenvalue weighted by Crippen LogP contribution is 2.29. The fourth-order valence-electron chi connectivity index (χ4n) is 2.05. The third-order valence-corrected chi connectivity index (χ3v) is 4.14. The summed E-state index contributed by atoms with van der Waals surface area (Å²) < 4.78 is 2.15. The lowest BCUT2D eigenvalue weighted by molar-refractivity contribution is 0.126. The highest BCUT2D eigenvalue weighted by Gasteiger charge is 2.19. The zero-order valence-electron chi connectivity index (χ0n) is 8.92. The second kappa shape index (κ2) is 5.52. The van der Waals surface area contributed by atoms with E-state index in [0.29, 0.717) is 6.04 Å². The van der Waals surface area contributed by atoms with E-state index in [1.165, 1.54) is 0 Å². The van der Waals surface area contributed by atoms with Gasteiger partial charge >= 0.3 is 0 Å². The van der Waals surface area contributed by atoms with Gasteiger partial charge in [0.05, 0.1) is 6.10 Å². The average molecular weight is 349 g/mol. The maximum Gasteiger partial charge on any atom is 0.0541 e. The third kappa shape index (κ3) is 3.22. The van der Waals surface area contributed by atoms with Crippen LogP contribution in [0.15, 0.2) is 27.1 Å². The Kier molecular flexibility index (Phi) is 4.27. The van der Waals surface area contributed by atoms with Gasteiger partial charge in [-0.2, -0.15) is 0 Å². The molecule has 1 aromatic carbocycles. The lowest BCUT2D eigenvalue weighted by Crippen LogP contribution is -2.28. The van der Waals surface area contributed by atoms with Crippen LogP contribution in [0.2, 0.25) is 0 Å². The minimum absolute atomic E-state index is 0.0913. The first-order valence-electron chi connectivity index (χ1n) is 5.55. The highest BCUT2D eigenvalue weighted by atomic mass is 79.9. The van der Waals surface area contributed by atoms with Crippen LogP contribution >= 0.6 is 31.9 Å². The SMILES string of the molecule is OC1CCC(Nc2ccc(Br)cc2Br)CC1. The van der Waals surface area contributed by atoms with Crippen LogP contribution in [0.3, 0.4) is 0 Å². The van der Waals surface area contributed by atoms with E-state index >= 15 is 0 Å². The lowest BCUT2D eigenvalue weighted by Gasteiger charge is -2.27. The number of halogens is 2. The molecular formula is C12H15Br2NO. The second-order valence-electron chi connectivity index (χ2n) is 4.27. The van der Waals surface area contributed by atoms with E-state index < -0.39 is 0 Å². The monoisotopic (exact) mass is 347 g/mol. The van der Waals surface area contributed by atoms with Gasteiger partial charge in [0.15, 0.2) is 0 Å². The second-order valence-corrected chi connectivity index (χ2v) is 6.04. The number of hydrogen-bond acceptors (Lipinski definition) is 2. The van der Waals surface area contributed by atoms with Crippen molar-refractivity contribution in [1.82, 2.24) is 0 Å². The van der Waals surface area contributed by atoms with Crippen LogP contribution in [0.1, 0.15) is 25.7 Å². The number of aliphatic hydroxyl groups excluding tert-OH is 1. The highest BCUT2D eigenvalue weighted by molar-refractivity contribution is 9.11. The van der Waals surface area contributed by atoms with Crippen molar-refractivity contribution in [3.05, 3.63) is 27.1 Å². The summed E-state index contributed by atoms with van der Waals surface area (Å²) in [6.45, 7) is 0. The Morgan fingerprint density at radius 2 is 1.81 bits per heavy atom. The topological polar surface area (TPSA) is 32.3 Å². The summed E-state index contributed by atoms with van der Waals surface area (Å²) in [5, 5.41) is 13.0. The zero-order valence-corrected chi connectivity index (χ0v) is 12.1. The summed E-state index contributed by atoms with van der Waals surface area (Å²) in [6.07, 6.45) is 3.82. The van der Waals surface area contributed by atoms with Crippen LogP contribution < -0.4 is 5.32 Å². The van der Waals surface area contributed by atoms with Crippen molar-refractivity contribution >= 4 is 37.5 Å². The first-order valence-corrected chi connectivity index (χ1v) is 7.13. The molecule has 0 atom stereocenters. The fraction of sp³-hybridized carbons (Fsp3) is 0.500. The standard InChI is InChI=1S/C12H15Br2NO/c13-8-1-6-12(11(14)7-8)15-9-2-4-10(16)5-3-9/h1,6-7,9-10,15-16H,2-5H2. The van der Waals surface area contributed by atoms with Gasteiger partial charge in [-0.1, -0.05) is 15.9 Å². The number of anilines is 1. The van der Waals surface area contributed by atoms with E-state index in [-0.39, 0.29) is 6.10 Å². The van der Waals surface area contributed by atoms with E-state index in [9.17, 15) is 5.11 Å². The summed E-state index contributed by atoms with van der Waals surface area (Å²) in [6, 6.07) is 6.63. The van der Waals surface area contributed by atoms with Crippen molar-refractivity contribution in [2.24, 2.45) is 0 Å². The number of hydrogen-bond donors (Lipinski definition) is 2. The van der Waals surface area contributed by atoms with Crippen LogP contribution in [0.4, 0.5) is 5.69 Å². The molecule has 0 bridgehead atoms. The van der Waals surface area contributed by atoms with Crippen molar-refractivity contribution in [3.63, 3.8) is 0 Å². The smallest absolute Gasteiger partial charge is 0.0541 e. The molecule has 1 saturated carbocycles. The molecule has 0 aliphatic heterocycles. The molecule has 0 spiro atoms. The number of nitrogens with one attached hydrogen (secondary N) is 1. The van der Waals surface area contributed by atoms with E-state index in [0.717, 1.165) is 40.3 Å². The van der Waals surface area contributed by atoms with E-state index in [2.05, 4.69) is 43.2 Å². The summed E-state index contributed by atoms with van der Waals surface area (Å²) in [5.41, 5.74) is 1.13. The summed E-state index contributed by atoms with van der Waals surface area (Å²) in [7, 11) is 0. The predicted octanol–water partition coefficient (Wildman–Crippen LogP) is 3.93. The zero-order chi connectivity index (χ0) is 11.5. The molecule has 0 radical (unpaired) electrons. The van der Waals surface area contributed by atoms with Gasteiger partial charge in [0, 0.05) is 20.7 Å². The van der Waals surface area contributed by atoms with Gasteiger partial charge in [0.2, 0.25) is 0 Å².